The molecule has 0 fully saturated rings. The summed E-state index contributed by atoms with van der Waals surface area (Å²) in [6.45, 7) is 3.91. The number of nitrogens with zero attached hydrogens (tertiary/aromatic N) is 1. The lowest BCUT2D eigenvalue weighted by Crippen LogP contribution is -1.86. The number of hydrogen-bond acceptors (Lipinski definition) is 3. The van der Waals surface area contributed by atoms with E-state index in [1.807, 2.05) is 25.3 Å². The third kappa shape index (κ3) is 1.76. The molecule has 0 aliphatic carbocycles. The highest BCUT2D eigenvalue weighted by Crippen LogP contribution is 2.25. The molecule has 1 atom stereocenters. The fraction of sp³-hybridized carbons (Fsp3) is 0.375. The van der Waals surface area contributed by atoms with Crippen molar-refractivity contribution in [2.75, 3.05) is 0 Å². The number of carbonyl (C=O) groups excluding carboxylic acids is 1. The fourth-order valence-corrected chi connectivity index (χ4v) is 1.87. The van der Waals surface area contributed by atoms with Gasteiger partial charge in [-0.1, -0.05) is 0 Å². The molecule has 1 aromatic heterocycles. The normalized spacial score (nSPS) is 12.2. The molecule has 2 nitrogen and oxygen atoms in total. The maximum atomic E-state index is 9.93. The van der Waals surface area contributed by atoms with E-state index < -0.39 is 0 Å². The second-order valence-corrected chi connectivity index (χ2v) is 3.31. The minimum absolute atomic E-state index is 0.0347. The average Bonchev–Trinajstić information content (AvgIpc) is 2.36. The van der Waals surface area contributed by atoms with Crippen molar-refractivity contribution >= 4 is 17.4 Å². The van der Waals surface area contributed by atoms with Gasteiger partial charge < -0.3 is 0 Å². The van der Waals surface area contributed by atoms with Crippen LogP contribution >= 0.6 is 11.3 Å². The molecular formula is C8H9NOS. The van der Waals surface area contributed by atoms with Crippen LogP contribution in [0.2, 0.25) is 0 Å². The highest BCUT2D eigenvalue weighted by atomic mass is 32.1. The van der Waals surface area contributed by atoms with E-state index in [2.05, 4.69) is 4.99 Å². The maximum Gasteiger partial charge on any atom is 0.235 e. The molecule has 0 saturated heterocycles. The van der Waals surface area contributed by atoms with Crippen LogP contribution in [0.1, 0.15) is 23.4 Å². The Hall–Kier alpha value is -0.920. The minimum atomic E-state index is -0.0347. The number of thiophene rings is 1. The molecule has 58 valence electrons. The fourth-order valence-electron chi connectivity index (χ4n) is 0.950. The Bertz CT molecular complexity index is 286. The molecule has 3 heteroatoms. The van der Waals surface area contributed by atoms with Crippen molar-refractivity contribution in [2.24, 2.45) is 4.99 Å². The van der Waals surface area contributed by atoms with E-state index in [0.29, 0.717) is 0 Å². The third-order valence-electron chi connectivity index (χ3n) is 1.53. The second kappa shape index (κ2) is 3.46. The molecule has 0 bridgehead atoms. The first-order chi connectivity index (χ1) is 5.25. The quantitative estimate of drug-likeness (QED) is 0.491. The summed E-state index contributed by atoms with van der Waals surface area (Å²) in [4.78, 5) is 14.7. The topological polar surface area (TPSA) is 29.4 Å². The van der Waals surface area contributed by atoms with Gasteiger partial charge in [0.2, 0.25) is 6.08 Å². The van der Waals surface area contributed by atoms with E-state index in [4.69, 9.17) is 0 Å². The Morgan fingerprint density at radius 1 is 1.73 bits per heavy atom. The Kier molecular flexibility index (Phi) is 2.58. The van der Waals surface area contributed by atoms with Gasteiger partial charge in [-0.05, 0) is 30.9 Å². The van der Waals surface area contributed by atoms with Gasteiger partial charge in [0.15, 0.2) is 0 Å². The molecule has 1 heterocycles. The van der Waals surface area contributed by atoms with Crippen molar-refractivity contribution in [1.29, 1.82) is 0 Å². The first-order valence-corrected chi connectivity index (χ1v) is 4.24. The zero-order valence-corrected chi connectivity index (χ0v) is 7.31. The van der Waals surface area contributed by atoms with Crippen LogP contribution < -0.4 is 0 Å². The monoisotopic (exact) mass is 167 g/mol. The Morgan fingerprint density at radius 3 is 2.91 bits per heavy atom. The van der Waals surface area contributed by atoms with E-state index in [0.717, 1.165) is 4.88 Å². The van der Waals surface area contributed by atoms with Crippen LogP contribution in [0.4, 0.5) is 0 Å². The molecule has 0 spiro atoms. The van der Waals surface area contributed by atoms with Crippen molar-refractivity contribution in [3.63, 3.8) is 0 Å². The van der Waals surface area contributed by atoms with Crippen LogP contribution in [0.3, 0.4) is 0 Å². The average molecular weight is 167 g/mol. The number of rotatable bonds is 2. The summed E-state index contributed by atoms with van der Waals surface area (Å²) >= 11 is 1.62. The molecule has 0 aliphatic heterocycles. The molecule has 0 amide bonds. The molecule has 0 aliphatic rings. The first kappa shape index (κ1) is 8.18. The SMILES string of the molecule is Cc1ccsc1C(C)N=C=O. The number of isocyanates is 1. The molecule has 0 saturated carbocycles. The van der Waals surface area contributed by atoms with Crippen LogP contribution in [0.25, 0.3) is 0 Å². The Labute approximate surface area is 69.6 Å². The standard InChI is InChI=1S/C8H9NOS/c1-6-3-4-11-8(6)7(2)9-5-10/h3-4,7H,1-2H3. The van der Waals surface area contributed by atoms with Crippen LogP contribution in [-0.4, -0.2) is 6.08 Å². The molecule has 0 aromatic carbocycles. The van der Waals surface area contributed by atoms with Gasteiger partial charge in [-0.15, -0.1) is 11.3 Å². The van der Waals surface area contributed by atoms with E-state index in [1.165, 1.54) is 5.56 Å². The summed E-state index contributed by atoms with van der Waals surface area (Å²) < 4.78 is 0. The van der Waals surface area contributed by atoms with Gasteiger partial charge in [0.1, 0.15) is 0 Å². The van der Waals surface area contributed by atoms with Gasteiger partial charge in [-0.2, -0.15) is 4.99 Å². The summed E-state index contributed by atoms with van der Waals surface area (Å²) in [6.07, 6.45) is 1.56. The van der Waals surface area contributed by atoms with Gasteiger partial charge in [-0.25, -0.2) is 4.79 Å². The molecule has 11 heavy (non-hydrogen) atoms. The van der Waals surface area contributed by atoms with Gasteiger partial charge in [-0.3, -0.25) is 0 Å². The summed E-state index contributed by atoms with van der Waals surface area (Å²) in [6, 6.07) is 1.99. The van der Waals surface area contributed by atoms with Gasteiger partial charge in [0, 0.05) is 4.88 Å². The predicted octanol–water partition coefficient (Wildman–Crippen LogP) is 2.45. The summed E-state index contributed by atoms with van der Waals surface area (Å²) in [5.74, 6) is 0. The van der Waals surface area contributed by atoms with E-state index in [9.17, 15) is 4.79 Å². The minimum Gasteiger partial charge on any atom is -0.211 e. The summed E-state index contributed by atoms with van der Waals surface area (Å²) in [5.41, 5.74) is 1.20. The van der Waals surface area contributed by atoms with E-state index in [1.54, 1.807) is 17.4 Å². The maximum absolute atomic E-state index is 9.93. The molecule has 0 radical (unpaired) electrons. The predicted molar refractivity (Wildman–Crippen MR) is 45.6 cm³/mol. The van der Waals surface area contributed by atoms with Crippen molar-refractivity contribution in [2.45, 2.75) is 19.9 Å². The molecule has 0 N–H and O–H groups in total. The second-order valence-electron chi connectivity index (χ2n) is 2.36. The van der Waals surface area contributed by atoms with E-state index >= 15 is 0 Å². The number of aryl methyl sites for hydroxylation is 1. The van der Waals surface area contributed by atoms with Gasteiger partial charge in [0.05, 0.1) is 6.04 Å². The largest absolute Gasteiger partial charge is 0.235 e. The Balaban J connectivity index is 2.92. The molecule has 1 rings (SSSR count). The first-order valence-electron chi connectivity index (χ1n) is 3.36. The zero-order chi connectivity index (χ0) is 8.27. The molecular weight excluding hydrogens is 158 g/mol. The highest BCUT2D eigenvalue weighted by Gasteiger charge is 2.06. The van der Waals surface area contributed by atoms with Crippen molar-refractivity contribution < 1.29 is 4.79 Å². The van der Waals surface area contributed by atoms with Crippen LogP contribution in [0.5, 0.6) is 0 Å². The van der Waals surface area contributed by atoms with Crippen molar-refractivity contribution in [3.05, 3.63) is 21.9 Å². The number of hydrogen-bond donors (Lipinski definition) is 0. The lowest BCUT2D eigenvalue weighted by molar-refractivity contribution is 0.560. The molecule has 1 unspecified atom stereocenters. The van der Waals surface area contributed by atoms with Gasteiger partial charge >= 0.3 is 0 Å². The molecule has 1 aromatic rings. The third-order valence-corrected chi connectivity index (χ3v) is 2.72. The number of aliphatic imine (C=N–C) groups is 1. The smallest absolute Gasteiger partial charge is 0.211 e. The van der Waals surface area contributed by atoms with Gasteiger partial charge in [0.25, 0.3) is 0 Å². The lowest BCUT2D eigenvalue weighted by Gasteiger charge is -2.00. The Morgan fingerprint density at radius 2 is 2.45 bits per heavy atom. The summed E-state index contributed by atoms with van der Waals surface area (Å²) in [5, 5.41) is 2.00. The van der Waals surface area contributed by atoms with Crippen molar-refractivity contribution in [1.82, 2.24) is 0 Å². The van der Waals surface area contributed by atoms with Crippen molar-refractivity contribution in [3.8, 4) is 0 Å². The van der Waals surface area contributed by atoms with E-state index in [-0.39, 0.29) is 6.04 Å². The highest BCUT2D eigenvalue weighted by molar-refractivity contribution is 7.10. The zero-order valence-electron chi connectivity index (χ0n) is 6.50. The summed E-state index contributed by atoms with van der Waals surface area (Å²) in [7, 11) is 0. The lowest BCUT2D eigenvalue weighted by atomic mass is 10.2. The van der Waals surface area contributed by atoms with Crippen LogP contribution in [0, 0.1) is 6.92 Å². The van der Waals surface area contributed by atoms with Crippen LogP contribution in [0.15, 0.2) is 16.4 Å². The van der Waals surface area contributed by atoms with Crippen LogP contribution in [-0.2, 0) is 4.79 Å².